The number of para-hydroxylation sites is 1. The Bertz CT molecular complexity index is 746. The first-order valence-corrected chi connectivity index (χ1v) is 6.62. The molecule has 7 heteroatoms. The molecule has 2 aromatic carbocycles. The summed E-state index contributed by atoms with van der Waals surface area (Å²) in [5.41, 5.74) is 5.87. The molecule has 22 heavy (non-hydrogen) atoms. The zero-order valence-corrected chi connectivity index (χ0v) is 12.1. The Morgan fingerprint density at radius 1 is 0.909 bits per heavy atom. The number of benzene rings is 2. The van der Waals surface area contributed by atoms with Crippen LogP contribution in [0.4, 0.5) is 11.4 Å². The lowest BCUT2D eigenvalue weighted by molar-refractivity contribution is -0.133. The lowest BCUT2D eigenvalue weighted by Gasteiger charge is -2.09. The van der Waals surface area contributed by atoms with E-state index < -0.39 is 17.7 Å². The summed E-state index contributed by atoms with van der Waals surface area (Å²) >= 11 is 5.79. The van der Waals surface area contributed by atoms with Gasteiger partial charge in [0.05, 0.1) is 11.3 Å². The summed E-state index contributed by atoms with van der Waals surface area (Å²) < 4.78 is 0. The van der Waals surface area contributed by atoms with Gasteiger partial charge in [0.2, 0.25) is 0 Å². The molecule has 0 spiro atoms. The largest absolute Gasteiger partial charge is 0.366 e. The van der Waals surface area contributed by atoms with Crippen molar-refractivity contribution < 1.29 is 14.4 Å². The van der Waals surface area contributed by atoms with Gasteiger partial charge in [-0.05, 0) is 30.3 Å². The molecule has 2 aromatic rings. The van der Waals surface area contributed by atoms with Crippen LogP contribution in [-0.4, -0.2) is 17.7 Å². The van der Waals surface area contributed by atoms with Gasteiger partial charge in [-0.1, -0.05) is 29.8 Å². The maximum absolute atomic E-state index is 11.9. The Hall–Kier alpha value is -2.86. The van der Waals surface area contributed by atoms with Crippen LogP contribution >= 0.6 is 11.6 Å². The Labute approximate surface area is 131 Å². The summed E-state index contributed by atoms with van der Waals surface area (Å²) in [5.74, 6) is -2.51. The Morgan fingerprint density at radius 2 is 1.59 bits per heavy atom. The van der Waals surface area contributed by atoms with Crippen molar-refractivity contribution in [2.75, 3.05) is 10.6 Å². The fourth-order valence-corrected chi connectivity index (χ4v) is 1.93. The number of hydrogen-bond acceptors (Lipinski definition) is 3. The van der Waals surface area contributed by atoms with E-state index in [0.717, 1.165) is 0 Å². The summed E-state index contributed by atoms with van der Waals surface area (Å²) in [7, 11) is 0. The van der Waals surface area contributed by atoms with Crippen LogP contribution in [0.1, 0.15) is 10.4 Å². The number of halogens is 1. The van der Waals surface area contributed by atoms with E-state index in [1.54, 1.807) is 30.3 Å². The number of anilines is 2. The quantitative estimate of drug-likeness (QED) is 0.755. The second kappa shape index (κ2) is 6.73. The van der Waals surface area contributed by atoms with Crippen LogP contribution in [0.25, 0.3) is 0 Å². The molecule has 4 N–H and O–H groups in total. The first-order valence-electron chi connectivity index (χ1n) is 6.24. The number of nitrogens with two attached hydrogens (primary N) is 1. The molecule has 0 heterocycles. The van der Waals surface area contributed by atoms with Crippen molar-refractivity contribution in [1.82, 2.24) is 0 Å². The highest BCUT2D eigenvalue weighted by molar-refractivity contribution is 6.44. The van der Waals surface area contributed by atoms with Crippen LogP contribution in [0.15, 0.2) is 48.5 Å². The summed E-state index contributed by atoms with van der Waals surface area (Å²) in [4.78, 5) is 35.0. The monoisotopic (exact) mass is 317 g/mol. The van der Waals surface area contributed by atoms with E-state index in [9.17, 15) is 14.4 Å². The first kappa shape index (κ1) is 15.5. The predicted octanol–water partition coefficient (Wildman–Crippen LogP) is 2.02. The van der Waals surface area contributed by atoms with Crippen molar-refractivity contribution in [3.63, 3.8) is 0 Å². The minimum atomic E-state index is -0.923. The molecule has 0 bridgehead atoms. The van der Waals surface area contributed by atoms with Gasteiger partial charge in [-0.3, -0.25) is 14.4 Å². The molecule has 0 aliphatic heterocycles. The number of carbonyl (C=O) groups is 3. The van der Waals surface area contributed by atoms with Crippen molar-refractivity contribution in [3.8, 4) is 0 Å². The van der Waals surface area contributed by atoms with Gasteiger partial charge in [0, 0.05) is 10.7 Å². The second-order valence-corrected chi connectivity index (χ2v) is 4.76. The first-order chi connectivity index (χ1) is 10.5. The zero-order chi connectivity index (χ0) is 16.1. The molecule has 2 rings (SSSR count). The van der Waals surface area contributed by atoms with Gasteiger partial charge in [-0.15, -0.1) is 0 Å². The molecule has 0 saturated heterocycles. The predicted molar refractivity (Wildman–Crippen MR) is 83.7 cm³/mol. The molecule has 112 valence electrons. The number of primary amides is 1. The second-order valence-electron chi connectivity index (χ2n) is 4.33. The van der Waals surface area contributed by atoms with Gasteiger partial charge in [-0.2, -0.15) is 0 Å². The van der Waals surface area contributed by atoms with Crippen LogP contribution in [0, 0.1) is 0 Å². The normalized spacial score (nSPS) is 9.86. The van der Waals surface area contributed by atoms with Gasteiger partial charge >= 0.3 is 11.8 Å². The number of hydrogen-bond donors (Lipinski definition) is 3. The van der Waals surface area contributed by atoms with Crippen molar-refractivity contribution in [1.29, 1.82) is 0 Å². The fraction of sp³-hybridized carbons (Fsp3) is 0. The molecule has 0 unspecified atom stereocenters. The maximum Gasteiger partial charge on any atom is 0.314 e. The van der Waals surface area contributed by atoms with Crippen molar-refractivity contribution in [3.05, 3.63) is 59.1 Å². The summed E-state index contributed by atoms with van der Waals surface area (Å²) in [6, 6.07) is 12.5. The molecule has 0 aromatic heterocycles. The van der Waals surface area contributed by atoms with E-state index in [-0.39, 0.29) is 11.3 Å². The minimum absolute atomic E-state index is 0.117. The number of nitrogens with one attached hydrogen (secondary N) is 2. The molecular formula is C15H12ClN3O3. The molecule has 3 amide bonds. The summed E-state index contributed by atoms with van der Waals surface area (Å²) in [6.07, 6.45) is 0. The van der Waals surface area contributed by atoms with Gasteiger partial charge < -0.3 is 16.4 Å². The third-order valence-electron chi connectivity index (χ3n) is 2.73. The molecule has 0 atom stereocenters. The van der Waals surface area contributed by atoms with Gasteiger partial charge in [0.1, 0.15) is 0 Å². The van der Waals surface area contributed by atoms with Crippen LogP contribution in [0.3, 0.4) is 0 Å². The Morgan fingerprint density at radius 3 is 2.27 bits per heavy atom. The molecule has 0 aliphatic rings. The average molecular weight is 318 g/mol. The van der Waals surface area contributed by atoms with E-state index in [0.29, 0.717) is 10.7 Å². The average Bonchev–Trinajstić information content (AvgIpc) is 2.47. The van der Waals surface area contributed by atoms with Crippen molar-refractivity contribution >= 4 is 40.7 Å². The zero-order valence-electron chi connectivity index (χ0n) is 11.3. The topological polar surface area (TPSA) is 101 Å². The maximum atomic E-state index is 11.9. The molecule has 6 nitrogen and oxygen atoms in total. The minimum Gasteiger partial charge on any atom is -0.366 e. The van der Waals surface area contributed by atoms with Crippen LogP contribution in [-0.2, 0) is 9.59 Å². The fourth-order valence-electron chi connectivity index (χ4n) is 1.74. The van der Waals surface area contributed by atoms with E-state index >= 15 is 0 Å². The van der Waals surface area contributed by atoms with Crippen LogP contribution in [0.2, 0.25) is 5.02 Å². The number of carbonyl (C=O) groups excluding carboxylic acids is 3. The SMILES string of the molecule is NC(=O)c1ccccc1NC(=O)C(=O)Nc1cccc(Cl)c1. The van der Waals surface area contributed by atoms with E-state index in [1.807, 2.05) is 0 Å². The highest BCUT2D eigenvalue weighted by Gasteiger charge is 2.17. The standard InChI is InChI=1S/C15H12ClN3O3/c16-9-4-3-5-10(8-9)18-14(21)15(22)19-12-7-2-1-6-11(12)13(17)20/h1-8H,(H2,17,20)(H,18,21)(H,19,22). The molecular weight excluding hydrogens is 306 g/mol. The molecule has 0 radical (unpaired) electrons. The van der Waals surface area contributed by atoms with Crippen molar-refractivity contribution in [2.45, 2.75) is 0 Å². The summed E-state index contributed by atoms with van der Waals surface area (Å²) in [5, 5.41) is 5.17. The number of amides is 3. The van der Waals surface area contributed by atoms with Gasteiger partial charge in [0.25, 0.3) is 5.91 Å². The molecule has 0 saturated carbocycles. The third-order valence-corrected chi connectivity index (χ3v) is 2.96. The van der Waals surface area contributed by atoms with Crippen molar-refractivity contribution in [2.24, 2.45) is 5.73 Å². The lowest BCUT2D eigenvalue weighted by atomic mass is 10.1. The van der Waals surface area contributed by atoms with E-state index in [4.69, 9.17) is 17.3 Å². The molecule has 0 fully saturated rings. The molecule has 0 aliphatic carbocycles. The van der Waals surface area contributed by atoms with E-state index in [1.165, 1.54) is 18.2 Å². The third kappa shape index (κ3) is 3.83. The summed E-state index contributed by atoms with van der Waals surface area (Å²) in [6.45, 7) is 0. The highest BCUT2D eigenvalue weighted by atomic mass is 35.5. The lowest BCUT2D eigenvalue weighted by Crippen LogP contribution is -2.30. The highest BCUT2D eigenvalue weighted by Crippen LogP contribution is 2.16. The Kier molecular flexibility index (Phi) is 4.75. The number of rotatable bonds is 3. The Balaban J connectivity index is 2.09. The smallest absolute Gasteiger partial charge is 0.314 e. The van der Waals surface area contributed by atoms with Gasteiger partial charge in [0.15, 0.2) is 0 Å². The van der Waals surface area contributed by atoms with E-state index in [2.05, 4.69) is 10.6 Å². The van der Waals surface area contributed by atoms with Crippen LogP contribution < -0.4 is 16.4 Å². The van der Waals surface area contributed by atoms with Gasteiger partial charge in [-0.25, -0.2) is 0 Å². The van der Waals surface area contributed by atoms with Crippen LogP contribution in [0.5, 0.6) is 0 Å².